The standard InChI is InChI=1S/C18H22N2O3/c1-11(2)20(10-14-7-8-16(21)19-14)18(22)15-6-4-5-13-9-12(3)23-17(13)15/h4-6,9,11,14H,7-8,10H2,1-3H3,(H,19,21)/t14-/m0/s1. The molecule has 1 fully saturated rings. The molecule has 0 saturated carbocycles. The van der Waals surface area contributed by atoms with Crippen molar-refractivity contribution in [1.82, 2.24) is 10.2 Å². The summed E-state index contributed by atoms with van der Waals surface area (Å²) in [6.45, 7) is 6.38. The molecule has 122 valence electrons. The molecule has 2 heterocycles. The Morgan fingerprint density at radius 3 is 2.87 bits per heavy atom. The van der Waals surface area contributed by atoms with E-state index in [1.54, 1.807) is 6.07 Å². The van der Waals surface area contributed by atoms with Crippen molar-refractivity contribution in [3.8, 4) is 0 Å². The van der Waals surface area contributed by atoms with Gasteiger partial charge in [0, 0.05) is 30.4 Å². The van der Waals surface area contributed by atoms with Crippen LogP contribution in [0.15, 0.2) is 28.7 Å². The average Bonchev–Trinajstić information content (AvgIpc) is 3.07. The Morgan fingerprint density at radius 1 is 1.43 bits per heavy atom. The van der Waals surface area contributed by atoms with E-state index in [4.69, 9.17) is 4.42 Å². The normalized spacial score (nSPS) is 17.7. The maximum Gasteiger partial charge on any atom is 0.257 e. The lowest BCUT2D eigenvalue weighted by Gasteiger charge is -2.29. The average molecular weight is 314 g/mol. The molecule has 23 heavy (non-hydrogen) atoms. The third kappa shape index (κ3) is 3.09. The Balaban J connectivity index is 1.89. The van der Waals surface area contributed by atoms with Crippen molar-refractivity contribution in [2.75, 3.05) is 6.54 Å². The van der Waals surface area contributed by atoms with Crippen molar-refractivity contribution in [1.29, 1.82) is 0 Å². The Morgan fingerprint density at radius 2 is 2.22 bits per heavy atom. The second-order valence-corrected chi connectivity index (χ2v) is 6.44. The minimum atomic E-state index is -0.0545. The molecule has 2 aromatic rings. The number of hydrogen-bond donors (Lipinski definition) is 1. The molecule has 1 aliphatic heterocycles. The molecule has 0 bridgehead atoms. The number of carbonyl (C=O) groups is 2. The second kappa shape index (κ2) is 6.07. The third-order valence-corrected chi connectivity index (χ3v) is 4.28. The molecule has 1 atom stereocenters. The number of benzene rings is 1. The van der Waals surface area contributed by atoms with E-state index in [1.165, 1.54) is 0 Å². The zero-order chi connectivity index (χ0) is 16.6. The van der Waals surface area contributed by atoms with E-state index in [9.17, 15) is 9.59 Å². The predicted molar refractivity (Wildman–Crippen MR) is 88.3 cm³/mol. The van der Waals surface area contributed by atoms with Crippen LogP contribution in [0.1, 0.15) is 42.8 Å². The molecule has 2 amide bonds. The molecule has 1 aromatic carbocycles. The maximum atomic E-state index is 13.0. The second-order valence-electron chi connectivity index (χ2n) is 6.44. The first-order chi connectivity index (χ1) is 11.0. The molecule has 1 aliphatic rings. The monoisotopic (exact) mass is 314 g/mol. The lowest BCUT2D eigenvalue weighted by atomic mass is 10.1. The van der Waals surface area contributed by atoms with E-state index in [-0.39, 0.29) is 23.9 Å². The Kier molecular flexibility index (Phi) is 4.11. The van der Waals surface area contributed by atoms with Gasteiger partial charge in [-0.05, 0) is 39.3 Å². The summed E-state index contributed by atoms with van der Waals surface area (Å²) in [5.41, 5.74) is 1.21. The number of hydrogen-bond acceptors (Lipinski definition) is 3. The van der Waals surface area contributed by atoms with Crippen LogP contribution in [0.25, 0.3) is 11.0 Å². The SMILES string of the molecule is Cc1cc2cccc(C(=O)N(C[C@@H]3CCC(=O)N3)C(C)C)c2o1. The van der Waals surface area contributed by atoms with Crippen LogP contribution in [0, 0.1) is 6.92 Å². The van der Waals surface area contributed by atoms with Gasteiger partial charge in [-0.2, -0.15) is 0 Å². The van der Waals surface area contributed by atoms with E-state index in [1.807, 2.05) is 43.9 Å². The van der Waals surface area contributed by atoms with E-state index < -0.39 is 0 Å². The van der Waals surface area contributed by atoms with Gasteiger partial charge >= 0.3 is 0 Å². The van der Waals surface area contributed by atoms with Gasteiger partial charge in [-0.25, -0.2) is 0 Å². The first-order valence-corrected chi connectivity index (χ1v) is 8.05. The highest BCUT2D eigenvalue weighted by molar-refractivity contribution is 6.05. The van der Waals surface area contributed by atoms with Crippen molar-refractivity contribution in [3.63, 3.8) is 0 Å². The van der Waals surface area contributed by atoms with E-state index in [2.05, 4.69) is 5.32 Å². The lowest BCUT2D eigenvalue weighted by Crippen LogP contribution is -2.45. The van der Waals surface area contributed by atoms with Crippen LogP contribution in [0.2, 0.25) is 0 Å². The maximum absolute atomic E-state index is 13.0. The number of carbonyl (C=O) groups excluding carboxylic acids is 2. The van der Waals surface area contributed by atoms with Crippen molar-refractivity contribution in [3.05, 3.63) is 35.6 Å². The van der Waals surface area contributed by atoms with Gasteiger partial charge in [-0.1, -0.05) is 12.1 Å². The number of para-hydroxylation sites is 1. The number of amides is 2. The summed E-state index contributed by atoms with van der Waals surface area (Å²) in [6.07, 6.45) is 1.32. The van der Waals surface area contributed by atoms with Gasteiger partial charge in [0.05, 0.1) is 5.56 Å². The van der Waals surface area contributed by atoms with Crippen molar-refractivity contribution in [2.24, 2.45) is 0 Å². The van der Waals surface area contributed by atoms with E-state index in [0.29, 0.717) is 24.1 Å². The fraction of sp³-hybridized carbons (Fsp3) is 0.444. The van der Waals surface area contributed by atoms with Crippen molar-refractivity contribution in [2.45, 2.75) is 45.7 Å². The minimum Gasteiger partial charge on any atom is -0.461 e. The summed E-state index contributed by atoms with van der Waals surface area (Å²) < 4.78 is 5.72. The number of nitrogens with zero attached hydrogens (tertiary/aromatic N) is 1. The van der Waals surface area contributed by atoms with E-state index in [0.717, 1.165) is 17.6 Å². The van der Waals surface area contributed by atoms with Crippen LogP contribution in [-0.2, 0) is 4.79 Å². The Bertz CT molecular complexity index is 748. The molecule has 0 aliphatic carbocycles. The highest BCUT2D eigenvalue weighted by Gasteiger charge is 2.28. The lowest BCUT2D eigenvalue weighted by molar-refractivity contribution is -0.119. The molecule has 0 radical (unpaired) electrons. The number of nitrogens with one attached hydrogen (secondary N) is 1. The van der Waals surface area contributed by atoms with Crippen LogP contribution >= 0.6 is 0 Å². The summed E-state index contributed by atoms with van der Waals surface area (Å²) in [4.78, 5) is 26.2. The smallest absolute Gasteiger partial charge is 0.257 e. The topological polar surface area (TPSA) is 62.6 Å². The summed E-state index contributed by atoms with van der Waals surface area (Å²) in [6, 6.07) is 7.64. The molecule has 1 N–H and O–H groups in total. The van der Waals surface area contributed by atoms with Gasteiger partial charge in [-0.3, -0.25) is 9.59 Å². The number of aryl methyl sites for hydroxylation is 1. The van der Waals surface area contributed by atoms with Gasteiger partial charge in [0.2, 0.25) is 5.91 Å². The van der Waals surface area contributed by atoms with Gasteiger partial charge in [0.1, 0.15) is 11.3 Å². The molecule has 5 nitrogen and oxygen atoms in total. The largest absolute Gasteiger partial charge is 0.461 e. The highest BCUT2D eigenvalue weighted by Crippen LogP contribution is 2.25. The molecule has 1 saturated heterocycles. The Hall–Kier alpha value is -2.30. The quantitative estimate of drug-likeness (QED) is 0.944. The van der Waals surface area contributed by atoms with Gasteiger partial charge < -0.3 is 14.6 Å². The molecule has 0 spiro atoms. The molecule has 0 unspecified atom stereocenters. The molecule has 5 heteroatoms. The fourth-order valence-corrected chi connectivity index (χ4v) is 3.09. The van der Waals surface area contributed by atoms with Crippen LogP contribution in [-0.4, -0.2) is 35.3 Å². The van der Waals surface area contributed by atoms with Crippen molar-refractivity contribution < 1.29 is 14.0 Å². The zero-order valence-electron chi connectivity index (χ0n) is 13.8. The number of furan rings is 1. The van der Waals surface area contributed by atoms with Crippen molar-refractivity contribution >= 4 is 22.8 Å². The summed E-state index contributed by atoms with van der Waals surface area (Å²) in [5, 5.41) is 3.87. The van der Waals surface area contributed by atoms with Gasteiger partial charge in [-0.15, -0.1) is 0 Å². The molecular weight excluding hydrogens is 292 g/mol. The van der Waals surface area contributed by atoms with Gasteiger partial charge in [0.15, 0.2) is 0 Å². The number of fused-ring (bicyclic) bond motifs is 1. The summed E-state index contributed by atoms with van der Waals surface area (Å²) in [5.74, 6) is 0.801. The first-order valence-electron chi connectivity index (χ1n) is 8.05. The Labute approximate surface area is 135 Å². The molecular formula is C18H22N2O3. The van der Waals surface area contributed by atoms with Gasteiger partial charge in [0.25, 0.3) is 5.91 Å². The van der Waals surface area contributed by atoms with Crippen LogP contribution in [0.3, 0.4) is 0 Å². The summed E-state index contributed by atoms with van der Waals surface area (Å²) in [7, 11) is 0. The minimum absolute atomic E-state index is 0.0337. The first kappa shape index (κ1) is 15.6. The fourth-order valence-electron chi connectivity index (χ4n) is 3.09. The van der Waals surface area contributed by atoms with Crippen LogP contribution < -0.4 is 5.32 Å². The molecule has 3 rings (SSSR count). The zero-order valence-corrected chi connectivity index (χ0v) is 13.8. The van der Waals surface area contributed by atoms with Crippen LogP contribution in [0.5, 0.6) is 0 Å². The highest BCUT2D eigenvalue weighted by atomic mass is 16.3. The van der Waals surface area contributed by atoms with Crippen LogP contribution in [0.4, 0.5) is 0 Å². The molecule has 1 aromatic heterocycles. The third-order valence-electron chi connectivity index (χ3n) is 4.28. The van der Waals surface area contributed by atoms with E-state index >= 15 is 0 Å². The number of rotatable bonds is 4. The predicted octanol–water partition coefficient (Wildman–Crippen LogP) is 2.87. The summed E-state index contributed by atoms with van der Waals surface area (Å²) >= 11 is 0.